The molecule has 0 amide bonds. The first kappa shape index (κ1) is 19.2. The average Bonchev–Trinajstić information content (AvgIpc) is 2.35. The number of benzene rings is 1. The Hall–Kier alpha value is -1.84. The zero-order valence-electron chi connectivity index (χ0n) is 15.0. The van der Waals surface area contributed by atoms with Crippen LogP contribution in [0.2, 0.25) is 0 Å². The Bertz CT molecular complexity index is 548. The molecule has 1 aromatic carbocycles. The van der Waals surface area contributed by atoms with Gasteiger partial charge in [0.05, 0.1) is 0 Å². The summed E-state index contributed by atoms with van der Waals surface area (Å²) in [5, 5.41) is 0. The van der Waals surface area contributed by atoms with E-state index in [1.807, 2.05) is 25.1 Å². The van der Waals surface area contributed by atoms with Gasteiger partial charge in [-0.1, -0.05) is 32.9 Å². The molecule has 0 aliphatic carbocycles. The van der Waals surface area contributed by atoms with E-state index < -0.39 is 0 Å². The molecule has 0 radical (unpaired) electrons. The van der Waals surface area contributed by atoms with Crippen molar-refractivity contribution < 1.29 is 19.1 Å². The molecule has 128 valence electrons. The number of ether oxygens (including phenoxy) is 2. The SMILES string of the molecule is CC(=O)Oc1cc(C)ccc1C(C)CC(CC(C)C)OC(C)=O. The van der Waals surface area contributed by atoms with Crippen molar-refractivity contribution in [2.24, 2.45) is 5.92 Å². The van der Waals surface area contributed by atoms with Gasteiger partial charge in [0.25, 0.3) is 0 Å². The lowest BCUT2D eigenvalue weighted by Gasteiger charge is -2.24. The summed E-state index contributed by atoms with van der Waals surface area (Å²) in [7, 11) is 0. The summed E-state index contributed by atoms with van der Waals surface area (Å²) in [6.07, 6.45) is 1.39. The Kier molecular flexibility index (Phi) is 7.27. The number of hydrogen-bond donors (Lipinski definition) is 0. The van der Waals surface area contributed by atoms with E-state index in [2.05, 4.69) is 20.8 Å². The van der Waals surface area contributed by atoms with Crippen molar-refractivity contribution in [1.82, 2.24) is 0 Å². The van der Waals surface area contributed by atoms with Crippen LogP contribution in [0.1, 0.15) is 64.5 Å². The number of carbonyl (C=O) groups is 2. The molecule has 0 fully saturated rings. The van der Waals surface area contributed by atoms with E-state index in [9.17, 15) is 9.59 Å². The highest BCUT2D eigenvalue weighted by atomic mass is 16.5. The summed E-state index contributed by atoms with van der Waals surface area (Å²) < 4.78 is 10.8. The fraction of sp³-hybridized carbons (Fsp3) is 0.579. The van der Waals surface area contributed by atoms with E-state index in [0.29, 0.717) is 18.1 Å². The van der Waals surface area contributed by atoms with Crippen molar-refractivity contribution in [3.05, 3.63) is 29.3 Å². The van der Waals surface area contributed by atoms with Crippen molar-refractivity contribution in [2.75, 3.05) is 0 Å². The van der Waals surface area contributed by atoms with Crippen LogP contribution in [0, 0.1) is 12.8 Å². The molecule has 0 heterocycles. The van der Waals surface area contributed by atoms with Crippen molar-refractivity contribution >= 4 is 11.9 Å². The zero-order chi connectivity index (χ0) is 17.6. The van der Waals surface area contributed by atoms with Crippen LogP contribution in [0.15, 0.2) is 18.2 Å². The van der Waals surface area contributed by atoms with Gasteiger partial charge in [0, 0.05) is 13.8 Å². The zero-order valence-corrected chi connectivity index (χ0v) is 15.0. The second-order valence-corrected chi connectivity index (χ2v) is 6.63. The van der Waals surface area contributed by atoms with E-state index in [1.54, 1.807) is 0 Å². The molecular formula is C19H28O4. The van der Waals surface area contributed by atoms with E-state index in [-0.39, 0.29) is 24.0 Å². The third kappa shape index (κ3) is 6.85. The molecule has 4 nitrogen and oxygen atoms in total. The monoisotopic (exact) mass is 320 g/mol. The molecular weight excluding hydrogens is 292 g/mol. The van der Waals surface area contributed by atoms with Gasteiger partial charge in [-0.3, -0.25) is 9.59 Å². The first-order valence-electron chi connectivity index (χ1n) is 8.15. The van der Waals surface area contributed by atoms with Crippen LogP contribution in [0.4, 0.5) is 0 Å². The predicted octanol–water partition coefficient (Wildman–Crippen LogP) is 4.39. The fourth-order valence-electron chi connectivity index (χ4n) is 2.77. The van der Waals surface area contributed by atoms with Crippen LogP contribution in [-0.4, -0.2) is 18.0 Å². The maximum atomic E-state index is 11.3. The average molecular weight is 320 g/mol. The van der Waals surface area contributed by atoms with Crippen LogP contribution in [-0.2, 0) is 14.3 Å². The highest BCUT2D eigenvalue weighted by molar-refractivity contribution is 5.70. The minimum Gasteiger partial charge on any atom is -0.463 e. The van der Waals surface area contributed by atoms with Crippen molar-refractivity contribution in [2.45, 2.75) is 66.4 Å². The van der Waals surface area contributed by atoms with E-state index in [1.165, 1.54) is 13.8 Å². The van der Waals surface area contributed by atoms with Gasteiger partial charge in [-0.05, 0) is 48.8 Å². The summed E-state index contributed by atoms with van der Waals surface area (Å²) in [4.78, 5) is 22.6. The standard InChI is InChI=1S/C19H28O4/c1-12(2)9-17(22-15(5)20)11-14(4)18-8-7-13(3)10-19(18)23-16(6)21/h7-8,10,12,14,17H,9,11H2,1-6H3. The smallest absolute Gasteiger partial charge is 0.308 e. The van der Waals surface area contributed by atoms with Gasteiger partial charge in [0.1, 0.15) is 11.9 Å². The van der Waals surface area contributed by atoms with Gasteiger partial charge in [0.2, 0.25) is 0 Å². The van der Waals surface area contributed by atoms with Gasteiger partial charge in [0.15, 0.2) is 0 Å². The number of esters is 2. The molecule has 0 saturated heterocycles. The molecule has 0 aliphatic heterocycles. The van der Waals surface area contributed by atoms with E-state index in [0.717, 1.165) is 17.5 Å². The molecule has 0 aliphatic rings. The summed E-state index contributed by atoms with van der Waals surface area (Å²) >= 11 is 0. The van der Waals surface area contributed by atoms with Crippen molar-refractivity contribution in [3.8, 4) is 5.75 Å². The molecule has 0 aromatic heterocycles. The number of hydrogen-bond acceptors (Lipinski definition) is 4. The van der Waals surface area contributed by atoms with Crippen LogP contribution in [0.25, 0.3) is 0 Å². The Labute approximate surface area is 139 Å². The summed E-state index contributed by atoms with van der Waals surface area (Å²) in [5.41, 5.74) is 2.00. The number of rotatable bonds is 7. The Morgan fingerprint density at radius 1 is 1.04 bits per heavy atom. The molecule has 0 saturated carbocycles. The van der Waals surface area contributed by atoms with E-state index >= 15 is 0 Å². The molecule has 4 heteroatoms. The van der Waals surface area contributed by atoms with Gasteiger partial charge in [-0.25, -0.2) is 0 Å². The Morgan fingerprint density at radius 2 is 1.70 bits per heavy atom. The largest absolute Gasteiger partial charge is 0.463 e. The molecule has 23 heavy (non-hydrogen) atoms. The van der Waals surface area contributed by atoms with E-state index in [4.69, 9.17) is 9.47 Å². The molecule has 0 bridgehead atoms. The maximum absolute atomic E-state index is 11.3. The van der Waals surface area contributed by atoms with Crippen molar-refractivity contribution in [1.29, 1.82) is 0 Å². The van der Waals surface area contributed by atoms with Gasteiger partial charge < -0.3 is 9.47 Å². The number of carbonyl (C=O) groups excluding carboxylic acids is 2. The van der Waals surface area contributed by atoms with Crippen LogP contribution in [0.3, 0.4) is 0 Å². The molecule has 2 unspecified atom stereocenters. The van der Waals surface area contributed by atoms with Gasteiger partial charge in [-0.2, -0.15) is 0 Å². The lowest BCUT2D eigenvalue weighted by Crippen LogP contribution is -2.21. The van der Waals surface area contributed by atoms with Crippen molar-refractivity contribution in [3.63, 3.8) is 0 Å². The summed E-state index contributed by atoms with van der Waals surface area (Å²) in [6, 6.07) is 5.86. The normalized spacial score (nSPS) is 13.5. The Balaban J connectivity index is 2.95. The Morgan fingerprint density at radius 3 is 2.22 bits per heavy atom. The predicted molar refractivity (Wildman–Crippen MR) is 90.5 cm³/mol. The van der Waals surface area contributed by atoms with Crippen LogP contribution >= 0.6 is 0 Å². The van der Waals surface area contributed by atoms with Gasteiger partial charge >= 0.3 is 11.9 Å². The number of aryl methyl sites for hydroxylation is 1. The lowest BCUT2D eigenvalue weighted by molar-refractivity contribution is -0.147. The highest BCUT2D eigenvalue weighted by Crippen LogP contribution is 2.32. The molecule has 1 aromatic rings. The topological polar surface area (TPSA) is 52.6 Å². The summed E-state index contributed by atoms with van der Waals surface area (Å²) in [6.45, 7) is 11.1. The molecule has 2 atom stereocenters. The quantitative estimate of drug-likeness (QED) is 0.552. The lowest BCUT2D eigenvalue weighted by atomic mass is 9.90. The van der Waals surface area contributed by atoms with Crippen LogP contribution < -0.4 is 4.74 Å². The second kappa shape index (κ2) is 8.70. The third-order valence-corrected chi connectivity index (χ3v) is 3.64. The minimum atomic E-state index is -0.331. The first-order chi connectivity index (χ1) is 10.7. The molecule has 0 spiro atoms. The fourth-order valence-corrected chi connectivity index (χ4v) is 2.77. The van der Waals surface area contributed by atoms with Crippen LogP contribution in [0.5, 0.6) is 5.75 Å². The minimum absolute atomic E-state index is 0.119. The second-order valence-electron chi connectivity index (χ2n) is 6.63. The molecule has 0 N–H and O–H groups in total. The highest BCUT2D eigenvalue weighted by Gasteiger charge is 2.21. The third-order valence-electron chi connectivity index (χ3n) is 3.64. The van der Waals surface area contributed by atoms with Gasteiger partial charge in [-0.15, -0.1) is 0 Å². The summed E-state index contributed by atoms with van der Waals surface area (Å²) in [5.74, 6) is 0.566. The molecule has 1 rings (SSSR count). The maximum Gasteiger partial charge on any atom is 0.308 e. The first-order valence-corrected chi connectivity index (χ1v) is 8.15.